The van der Waals surface area contributed by atoms with Gasteiger partial charge in [-0.2, -0.15) is 0 Å². The Bertz CT molecular complexity index is 463. The van der Waals surface area contributed by atoms with Crippen LogP contribution in [0.15, 0.2) is 11.6 Å². The molecule has 1 fully saturated rings. The Balaban J connectivity index is 2.04. The number of piperidine rings is 1. The van der Waals surface area contributed by atoms with Crippen LogP contribution in [0, 0.1) is 5.41 Å². The minimum atomic E-state index is -0.818. The molecule has 1 aromatic heterocycles. The average Bonchev–Trinajstić information content (AvgIpc) is 2.91. The topological polar surface area (TPSA) is 82.5 Å². The summed E-state index contributed by atoms with van der Waals surface area (Å²) in [5, 5.41) is 14.4. The molecule has 2 heterocycles. The maximum Gasteiger partial charge on any atom is 0.323 e. The number of likely N-dealkylation sites (tertiary alicyclic amines) is 1. The minimum absolute atomic E-state index is 0.260. The number of anilines is 1. The van der Waals surface area contributed by atoms with Crippen LogP contribution < -0.4 is 5.32 Å². The molecule has 0 aliphatic carbocycles. The van der Waals surface area contributed by atoms with Crippen LogP contribution >= 0.6 is 11.3 Å². The number of carboxylic acids is 1. The maximum atomic E-state index is 12.1. The highest BCUT2D eigenvalue weighted by atomic mass is 32.1. The Labute approximate surface area is 115 Å². The average molecular weight is 283 g/mol. The number of amides is 2. The molecule has 1 atom stereocenters. The smallest absolute Gasteiger partial charge is 0.323 e. The van der Waals surface area contributed by atoms with E-state index >= 15 is 0 Å². The molecular weight excluding hydrogens is 266 g/mol. The number of carbonyl (C=O) groups is 2. The molecule has 1 aliphatic rings. The van der Waals surface area contributed by atoms with Crippen molar-refractivity contribution in [2.24, 2.45) is 5.41 Å². The lowest BCUT2D eigenvalue weighted by atomic mass is 9.78. The van der Waals surface area contributed by atoms with E-state index in [0.717, 1.165) is 0 Å². The molecule has 19 heavy (non-hydrogen) atoms. The van der Waals surface area contributed by atoms with Crippen molar-refractivity contribution in [3.63, 3.8) is 0 Å². The number of hydrogen-bond donors (Lipinski definition) is 2. The van der Waals surface area contributed by atoms with Crippen LogP contribution in [-0.2, 0) is 4.79 Å². The van der Waals surface area contributed by atoms with Gasteiger partial charge in [0.2, 0.25) is 0 Å². The van der Waals surface area contributed by atoms with Crippen LogP contribution in [0.3, 0.4) is 0 Å². The van der Waals surface area contributed by atoms with Gasteiger partial charge in [-0.15, -0.1) is 11.3 Å². The number of rotatable bonds is 3. The first-order chi connectivity index (χ1) is 9.07. The molecule has 1 aliphatic heterocycles. The molecule has 1 saturated heterocycles. The number of urea groups is 1. The fourth-order valence-electron chi connectivity index (χ4n) is 2.38. The number of hydrogen-bond acceptors (Lipinski definition) is 4. The van der Waals surface area contributed by atoms with E-state index in [9.17, 15) is 14.7 Å². The minimum Gasteiger partial charge on any atom is -0.481 e. The lowest BCUT2D eigenvalue weighted by Crippen LogP contribution is -2.50. The van der Waals surface area contributed by atoms with Crippen LogP contribution in [0.25, 0.3) is 0 Å². The number of nitrogens with zero attached hydrogens (tertiary/aromatic N) is 2. The van der Waals surface area contributed by atoms with Crippen LogP contribution in [0.4, 0.5) is 9.93 Å². The first-order valence-electron chi connectivity index (χ1n) is 6.26. The van der Waals surface area contributed by atoms with E-state index in [1.165, 1.54) is 11.3 Å². The molecule has 2 amide bonds. The van der Waals surface area contributed by atoms with E-state index in [0.29, 0.717) is 30.9 Å². The van der Waals surface area contributed by atoms with Crippen molar-refractivity contribution in [3.05, 3.63) is 11.6 Å². The quantitative estimate of drug-likeness (QED) is 0.891. The molecule has 0 aromatic carbocycles. The Hall–Kier alpha value is -1.63. The number of thiazole rings is 1. The Morgan fingerprint density at radius 3 is 3.00 bits per heavy atom. The zero-order valence-electron chi connectivity index (χ0n) is 10.8. The Morgan fingerprint density at radius 2 is 2.42 bits per heavy atom. The zero-order chi connectivity index (χ0) is 13.9. The van der Waals surface area contributed by atoms with Crippen LogP contribution in [0.1, 0.15) is 26.2 Å². The van der Waals surface area contributed by atoms with E-state index in [-0.39, 0.29) is 12.6 Å². The van der Waals surface area contributed by atoms with Crippen molar-refractivity contribution in [1.82, 2.24) is 9.88 Å². The molecule has 2 rings (SSSR count). The molecule has 6 nitrogen and oxygen atoms in total. The first-order valence-corrected chi connectivity index (χ1v) is 7.14. The van der Waals surface area contributed by atoms with E-state index in [1.54, 1.807) is 16.5 Å². The highest BCUT2D eigenvalue weighted by Gasteiger charge is 2.42. The largest absolute Gasteiger partial charge is 0.481 e. The summed E-state index contributed by atoms with van der Waals surface area (Å²) in [4.78, 5) is 29.1. The van der Waals surface area contributed by atoms with Crippen molar-refractivity contribution < 1.29 is 14.7 Å². The molecule has 7 heteroatoms. The van der Waals surface area contributed by atoms with Gasteiger partial charge in [-0.05, 0) is 19.3 Å². The lowest BCUT2D eigenvalue weighted by molar-refractivity contribution is -0.152. The van der Waals surface area contributed by atoms with Crippen molar-refractivity contribution in [1.29, 1.82) is 0 Å². The highest BCUT2D eigenvalue weighted by Crippen LogP contribution is 2.33. The van der Waals surface area contributed by atoms with Gasteiger partial charge in [-0.25, -0.2) is 9.78 Å². The van der Waals surface area contributed by atoms with Gasteiger partial charge in [-0.3, -0.25) is 10.1 Å². The Kier molecular flexibility index (Phi) is 4.04. The summed E-state index contributed by atoms with van der Waals surface area (Å²) < 4.78 is 0. The summed E-state index contributed by atoms with van der Waals surface area (Å²) in [5.41, 5.74) is -0.807. The van der Waals surface area contributed by atoms with E-state index in [1.807, 2.05) is 6.92 Å². The molecule has 104 valence electrons. The van der Waals surface area contributed by atoms with Crippen LogP contribution in [-0.4, -0.2) is 40.1 Å². The summed E-state index contributed by atoms with van der Waals surface area (Å²) in [6.45, 7) is 2.71. The summed E-state index contributed by atoms with van der Waals surface area (Å²) in [7, 11) is 0. The van der Waals surface area contributed by atoms with Crippen molar-refractivity contribution in [2.75, 3.05) is 18.4 Å². The van der Waals surface area contributed by atoms with Gasteiger partial charge in [0.05, 0.1) is 5.41 Å². The van der Waals surface area contributed by atoms with Gasteiger partial charge in [0.25, 0.3) is 0 Å². The summed E-state index contributed by atoms with van der Waals surface area (Å²) in [6.07, 6.45) is 3.48. The van der Waals surface area contributed by atoms with Crippen LogP contribution in [0.5, 0.6) is 0 Å². The third-order valence-electron chi connectivity index (χ3n) is 3.64. The summed E-state index contributed by atoms with van der Waals surface area (Å²) in [6, 6.07) is -0.270. The first kappa shape index (κ1) is 13.8. The van der Waals surface area contributed by atoms with Gasteiger partial charge in [0.15, 0.2) is 5.13 Å². The van der Waals surface area contributed by atoms with Gasteiger partial charge >= 0.3 is 12.0 Å². The molecule has 1 unspecified atom stereocenters. The van der Waals surface area contributed by atoms with Crippen LogP contribution in [0.2, 0.25) is 0 Å². The third-order valence-corrected chi connectivity index (χ3v) is 4.33. The number of carbonyl (C=O) groups excluding carboxylic acids is 1. The molecule has 1 aromatic rings. The van der Waals surface area contributed by atoms with E-state index in [2.05, 4.69) is 10.3 Å². The van der Waals surface area contributed by atoms with Gasteiger partial charge in [0, 0.05) is 24.7 Å². The van der Waals surface area contributed by atoms with Crippen molar-refractivity contribution >= 4 is 28.5 Å². The second-order valence-electron chi connectivity index (χ2n) is 4.73. The van der Waals surface area contributed by atoms with Crippen molar-refractivity contribution in [2.45, 2.75) is 26.2 Å². The standard InChI is InChI=1S/C12H17N3O3S/c1-2-12(9(16)17)4-3-6-15(8-12)11(18)14-10-13-5-7-19-10/h5,7H,2-4,6,8H2,1H3,(H,16,17)(H,13,14,18). The molecule has 0 radical (unpaired) electrons. The van der Waals surface area contributed by atoms with E-state index in [4.69, 9.17) is 0 Å². The summed E-state index contributed by atoms with van der Waals surface area (Å²) >= 11 is 1.34. The van der Waals surface area contributed by atoms with Gasteiger partial charge < -0.3 is 10.0 Å². The third kappa shape index (κ3) is 2.86. The second kappa shape index (κ2) is 5.56. The molecule has 0 saturated carbocycles. The molecule has 0 bridgehead atoms. The van der Waals surface area contributed by atoms with E-state index < -0.39 is 11.4 Å². The van der Waals surface area contributed by atoms with Crippen molar-refractivity contribution in [3.8, 4) is 0 Å². The molecule has 2 N–H and O–H groups in total. The van der Waals surface area contributed by atoms with Gasteiger partial charge in [0.1, 0.15) is 0 Å². The SMILES string of the molecule is CCC1(C(=O)O)CCCN(C(=O)Nc2nccs2)C1. The number of aromatic nitrogens is 1. The fraction of sp³-hybridized carbons (Fsp3) is 0.583. The maximum absolute atomic E-state index is 12.1. The summed E-state index contributed by atoms with van der Waals surface area (Å²) in [5.74, 6) is -0.818. The Morgan fingerprint density at radius 1 is 1.63 bits per heavy atom. The van der Waals surface area contributed by atoms with Gasteiger partial charge in [-0.1, -0.05) is 6.92 Å². The number of nitrogens with one attached hydrogen (secondary N) is 1. The lowest BCUT2D eigenvalue weighted by Gasteiger charge is -2.39. The highest BCUT2D eigenvalue weighted by molar-refractivity contribution is 7.13. The number of carboxylic acid groups (broad SMARTS) is 1. The second-order valence-corrected chi connectivity index (χ2v) is 5.63. The molecule has 0 spiro atoms. The normalized spacial score (nSPS) is 23.1. The zero-order valence-corrected chi connectivity index (χ0v) is 11.6. The fourth-order valence-corrected chi connectivity index (χ4v) is 2.89. The number of aliphatic carboxylic acids is 1. The predicted octanol–water partition coefficient (Wildman–Crippen LogP) is 2.25. The predicted molar refractivity (Wildman–Crippen MR) is 72.3 cm³/mol. The molecular formula is C12H17N3O3S. The monoisotopic (exact) mass is 283 g/mol.